The molecule has 1 aromatic carbocycles. The van der Waals surface area contributed by atoms with E-state index in [-0.39, 0.29) is 6.54 Å². The lowest BCUT2D eigenvalue weighted by atomic mass is 9.95. The number of anilines is 1. The zero-order chi connectivity index (χ0) is 14.4. The minimum atomic E-state index is -0.743. The summed E-state index contributed by atoms with van der Waals surface area (Å²) < 4.78 is 0. The van der Waals surface area contributed by atoms with Gasteiger partial charge in [0.05, 0.1) is 0 Å². The molecular weight excluding hydrogens is 250 g/mol. The molecule has 20 heavy (non-hydrogen) atoms. The predicted molar refractivity (Wildman–Crippen MR) is 82.3 cm³/mol. The number of nitrogens with zero attached hydrogens (tertiary/aromatic N) is 1. The summed E-state index contributed by atoms with van der Waals surface area (Å²) in [4.78, 5) is 13.3. The number of rotatable bonds is 4. The highest BCUT2D eigenvalue weighted by Crippen LogP contribution is 2.26. The molecular formula is C17H25NO2. The molecule has 0 aromatic heterocycles. The Morgan fingerprint density at radius 3 is 2.20 bits per heavy atom. The van der Waals surface area contributed by atoms with Crippen LogP contribution >= 0.6 is 0 Å². The first-order chi connectivity index (χ1) is 9.66. The van der Waals surface area contributed by atoms with E-state index in [0.29, 0.717) is 6.04 Å². The Morgan fingerprint density at radius 2 is 1.65 bits per heavy atom. The molecule has 1 fully saturated rings. The lowest BCUT2D eigenvalue weighted by Crippen LogP contribution is -2.39. The molecule has 1 N–H and O–H groups in total. The van der Waals surface area contributed by atoms with Gasteiger partial charge in [0, 0.05) is 11.7 Å². The molecule has 1 aliphatic carbocycles. The fraction of sp³-hybridized carbons (Fsp3) is 0.588. The first-order valence-corrected chi connectivity index (χ1v) is 7.72. The molecule has 2 rings (SSSR count). The molecule has 3 heteroatoms. The second-order valence-electron chi connectivity index (χ2n) is 5.86. The SMILES string of the molecule is Cc1ccc(N(CC(=O)O)C2CCCCCCC2)cc1. The third-order valence-corrected chi connectivity index (χ3v) is 4.19. The van der Waals surface area contributed by atoms with Crippen molar-refractivity contribution in [2.45, 2.75) is 57.9 Å². The van der Waals surface area contributed by atoms with Crippen molar-refractivity contribution in [3.8, 4) is 0 Å². The van der Waals surface area contributed by atoms with Crippen molar-refractivity contribution in [1.29, 1.82) is 0 Å². The van der Waals surface area contributed by atoms with Crippen LogP contribution in [0.1, 0.15) is 50.5 Å². The molecule has 110 valence electrons. The molecule has 1 aromatic rings. The van der Waals surface area contributed by atoms with Gasteiger partial charge in [-0.05, 0) is 31.9 Å². The number of carboxylic acids is 1. The molecule has 0 unspecified atom stereocenters. The minimum absolute atomic E-state index is 0.105. The van der Waals surface area contributed by atoms with Gasteiger partial charge in [0.2, 0.25) is 0 Å². The fourth-order valence-electron chi connectivity index (χ4n) is 3.06. The molecule has 0 atom stereocenters. The summed E-state index contributed by atoms with van der Waals surface area (Å²) in [5, 5.41) is 9.21. The number of benzene rings is 1. The van der Waals surface area contributed by atoms with E-state index in [1.807, 2.05) is 0 Å². The number of hydrogen-bond acceptors (Lipinski definition) is 2. The molecule has 1 aliphatic rings. The molecule has 0 heterocycles. The van der Waals surface area contributed by atoms with Gasteiger partial charge in [0.15, 0.2) is 0 Å². The van der Waals surface area contributed by atoms with Crippen LogP contribution in [0.5, 0.6) is 0 Å². The van der Waals surface area contributed by atoms with E-state index >= 15 is 0 Å². The summed E-state index contributed by atoms with van der Waals surface area (Å²) in [5.41, 5.74) is 2.25. The average molecular weight is 275 g/mol. The summed E-state index contributed by atoms with van der Waals surface area (Å²) in [6, 6.07) is 8.60. The Balaban J connectivity index is 2.16. The normalized spacial score (nSPS) is 17.2. The Morgan fingerprint density at radius 1 is 1.10 bits per heavy atom. The third-order valence-electron chi connectivity index (χ3n) is 4.19. The highest BCUT2D eigenvalue weighted by atomic mass is 16.4. The van der Waals surface area contributed by atoms with Crippen molar-refractivity contribution in [3.05, 3.63) is 29.8 Å². The van der Waals surface area contributed by atoms with Gasteiger partial charge in [-0.1, -0.05) is 49.8 Å². The first kappa shape index (κ1) is 14.9. The second kappa shape index (κ2) is 7.32. The highest BCUT2D eigenvalue weighted by Gasteiger charge is 2.21. The summed E-state index contributed by atoms with van der Waals surface area (Å²) in [7, 11) is 0. The molecule has 0 amide bonds. The topological polar surface area (TPSA) is 40.5 Å². The van der Waals surface area contributed by atoms with E-state index < -0.39 is 5.97 Å². The van der Waals surface area contributed by atoms with Crippen LogP contribution in [0, 0.1) is 6.92 Å². The quantitative estimate of drug-likeness (QED) is 0.903. The molecule has 3 nitrogen and oxygen atoms in total. The van der Waals surface area contributed by atoms with Gasteiger partial charge in [-0.15, -0.1) is 0 Å². The van der Waals surface area contributed by atoms with E-state index in [9.17, 15) is 9.90 Å². The zero-order valence-electron chi connectivity index (χ0n) is 12.3. The molecule has 0 bridgehead atoms. The van der Waals surface area contributed by atoms with Crippen LogP contribution in [0.3, 0.4) is 0 Å². The van der Waals surface area contributed by atoms with E-state index in [4.69, 9.17) is 0 Å². The molecule has 1 saturated carbocycles. The van der Waals surface area contributed by atoms with Gasteiger partial charge in [0.25, 0.3) is 0 Å². The van der Waals surface area contributed by atoms with Crippen LogP contribution in [-0.4, -0.2) is 23.7 Å². The molecule has 0 radical (unpaired) electrons. The maximum atomic E-state index is 11.2. The van der Waals surface area contributed by atoms with E-state index in [1.165, 1.54) is 37.7 Å². The second-order valence-corrected chi connectivity index (χ2v) is 5.86. The number of aryl methyl sites for hydroxylation is 1. The van der Waals surface area contributed by atoms with Crippen molar-refractivity contribution in [3.63, 3.8) is 0 Å². The molecule has 0 aliphatic heterocycles. The van der Waals surface area contributed by atoms with Crippen LogP contribution in [-0.2, 0) is 4.79 Å². The number of carboxylic acid groups (broad SMARTS) is 1. The average Bonchev–Trinajstić information content (AvgIpc) is 2.37. The zero-order valence-corrected chi connectivity index (χ0v) is 12.3. The van der Waals surface area contributed by atoms with Crippen molar-refractivity contribution in [2.75, 3.05) is 11.4 Å². The molecule has 0 spiro atoms. The van der Waals surface area contributed by atoms with E-state index in [0.717, 1.165) is 18.5 Å². The Bertz CT molecular complexity index is 419. The molecule has 0 saturated heterocycles. The van der Waals surface area contributed by atoms with Gasteiger partial charge in [-0.3, -0.25) is 4.79 Å². The number of carbonyl (C=O) groups is 1. The van der Waals surface area contributed by atoms with Crippen molar-refractivity contribution < 1.29 is 9.90 Å². The van der Waals surface area contributed by atoms with Crippen LogP contribution in [0.4, 0.5) is 5.69 Å². The van der Waals surface area contributed by atoms with Crippen LogP contribution < -0.4 is 4.90 Å². The first-order valence-electron chi connectivity index (χ1n) is 7.72. The maximum Gasteiger partial charge on any atom is 0.323 e. The number of hydrogen-bond donors (Lipinski definition) is 1. The summed E-state index contributed by atoms with van der Waals surface area (Å²) >= 11 is 0. The smallest absolute Gasteiger partial charge is 0.323 e. The van der Waals surface area contributed by atoms with Crippen molar-refractivity contribution >= 4 is 11.7 Å². The minimum Gasteiger partial charge on any atom is -0.480 e. The maximum absolute atomic E-state index is 11.2. The van der Waals surface area contributed by atoms with Crippen molar-refractivity contribution in [1.82, 2.24) is 0 Å². The third kappa shape index (κ3) is 4.26. The van der Waals surface area contributed by atoms with Crippen molar-refractivity contribution in [2.24, 2.45) is 0 Å². The fourth-order valence-corrected chi connectivity index (χ4v) is 3.06. The van der Waals surface area contributed by atoms with Gasteiger partial charge >= 0.3 is 5.97 Å². The van der Waals surface area contributed by atoms with E-state index in [2.05, 4.69) is 36.1 Å². The number of aliphatic carboxylic acids is 1. The summed E-state index contributed by atoms with van der Waals surface area (Å²) in [6.07, 6.45) is 8.55. The van der Waals surface area contributed by atoms with Gasteiger partial charge < -0.3 is 10.0 Å². The Hall–Kier alpha value is -1.51. The lowest BCUT2D eigenvalue weighted by molar-refractivity contribution is -0.135. The summed E-state index contributed by atoms with van der Waals surface area (Å²) in [5.74, 6) is -0.743. The van der Waals surface area contributed by atoms with Gasteiger partial charge in [0.1, 0.15) is 6.54 Å². The van der Waals surface area contributed by atoms with Crippen LogP contribution in [0.25, 0.3) is 0 Å². The lowest BCUT2D eigenvalue weighted by Gasteiger charge is -2.34. The Labute approximate surface area is 121 Å². The summed E-state index contributed by atoms with van der Waals surface area (Å²) in [6.45, 7) is 2.16. The van der Waals surface area contributed by atoms with Crippen LogP contribution in [0.15, 0.2) is 24.3 Å². The van der Waals surface area contributed by atoms with Gasteiger partial charge in [-0.25, -0.2) is 0 Å². The van der Waals surface area contributed by atoms with E-state index in [1.54, 1.807) is 0 Å². The van der Waals surface area contributed by atoms with Crippen LogP contribution in [0.2, 0.25) is 0 Å². The monoisotopic (exact) mass is 275 g/mol. The largest absolute Gasteiger partial charge is 0.480 e. The van der Waals surface area contributed by atoms with Gasteiger partial charge in [-0.2, -0.15) is 0 Å². The Kier molecular flexibility index (Phi) is 5.45. The standard InChI is InChI=1S/C17H25NO2/c1-14-9-11-16(12-10-14)18(13-17(19)20)15-7-5-3-2-4-6-8-15/h9-12,15H,2-8,13H2,1H3,(H,19,20). The predicted octanol–water partition coefficient (Wildman–Crippen LogP) is 4.00. The highest BCUT2D eigenvalue weighted by molar-refractivity contribution is 5.74.